The van der Waals surface area contributed by atoms with E-state index in [0.29, 0.717) is 0 Å². The number of piperidine rings is 1. The van der Waals surface area contributed by atoms with Crippen molar-refractivity contribution in [3.63, 3.8) is 0 Å². The van der Waals surface area contributed by atoms with E-state index in [-0.39, 0.29) is 36.3 Å². The molecule has 0 bridgehead atoms. The summed E-state index contributed by atoms with van der Waals surface area (Å²) in [5.74, 6) is -0.232. The first-order valence-electron chi connectivity index (χ1n) is 8.66. The van der Waals surface area contributed by atoms with Crippen LogP contribution in [0.3, 0.4) is 0 Å². The lowest BCUT2D eigenvalue weighted by molar-refractivity contribution is -0.153. The first kappa shape index (κ1) is 20.3. The number of ether oxygens (including phenoxy) is 1. The largest absolute Gasteiger partial charge is 0.455 e. The Bertz CT molecular complexity index is 640. The summed E-state index contributed by atoms with van der Waals surface area (Å²) in [6.07, 6.45) is 3.18. The fraction of sp³-hybridized carbons (Fsp3) is 0.579. The van der Waals surface area contributed by atoms with Crippen LogP contribution in [0.15, 0.2) is 21.5 Å². The van der Waals surface area contributed by atoms with Gasteiger partial charge in [-0.3, -0.25) is 9.59 Å². The third kappa shape index (κ3) is 5.48. The average Bonchev–Trinajstić information content (AvgIpc) is 2.55. The summed E-state index contributed by atoms with van der Waals surface area (Å²) < 4.78 is 6.27. The molecule has 4 nitrogen and oxygen atoms in total. The van der Waals surface area contributed by atoms with Gasteiger partial charge in [-0.05, 0) is 70.2 Å². The van der Waals surface area contributed by atoms with Gasteiger partial charge in [0.05, 0.1) is 5.75 Å². The predicted octanol–water partition coefficient (Wildman–Crippen LogP) is 4.49. The summed E-state index contributed by atoms with van der Waals surface area (Å²) in [6.45, 7) is 7.99. The molecule has 0 aliphatic carbocycles. The normalized spacial score (nSPS) is 20.4. The monoisotopic (exact) mass is 427 g/mol. The van der Waals surface area contributed by atoms with Crippen LogP contribution in [-0.2, 0) is 14.3 Å². The van der Waals surface area contributed by atoms with Crippen molar-refractivity contribution in [3.8, 4) is 0 Å². The minimum Gasteiger partial charge on any atom is -0.455 e. The Morgan fingerprint density at radius 3 is 2.48 bits per heavy atom. The zero-order chi connectivity index (χ0) is 18.6. The molecule has 1 saturated heterocycles. The van der Waals surface area contributed by atoms with Crippen LogP contribution in [0.5, 0.6) is 0 Å². The summed E-state index contributed by atoms with van der Waals surface area (Å²) >= 11 is 4.95. The van der Waals surface area contributed by atoms with Crippen LogP contribution >= 0.6 is 27.7 Å². The van der Waals surface area contributed by atoms with Gasteiger partial charge in [-0.15, -0.1) is 11.8 Å². The molecule has 6 heteroatoms. The van der Waals surface area contributed by atoms with Crippen molar-refractivity contribution in [1.82, 2.24) is 4.90 Å². The molecule has 0 radical (unpaired) electrons. The van der Waals surface area contributed by atoms with Gasteiger partial charge in [0.1, 0.15) is 0 Å². The fourth-order valence-electron chi connectivity index (χ4n) is 3.22. The molecule has 1 aromatic rings. The van der Waals surface area contributed by atoms with E-state index >= 15 is 0 Å². The van der Waals surface area contributed by atoms with Crippen molar-refractivity contribution in [1.29, 1.82) is 0 Å². The molecule has 0 unspecified atom stereocenters. The summed E-state index contributed by atoms with van der Waals surface area (Å²) in [5.41, 5.74) is 2.24. The lowest BCUT2D eigenvalue weighted by Crippen LogP contribution is -2.49. The number of carbonyl (C=O) groups is 2. The molecule has 0 spiro atoms. The van der Waals surface area contributed by atoms with E-state index in [0.717, 1.165) is 39.8 Å². The predicted molar refractivity (Wildman–Crippen MR) is 105 cm³/mol. The zero-order valence-electron chi connectivity index (χ0n) is 15.3. The highest BCUT2D eigenvalue weighted by Crippen LogP contribution is 2.28. The maximum absolute atomic E-state index is 12.4. The summed E-state index contributed by atoms with van der Waals surface area (Å²) in [5, 5.41) is 0. The van der Waals surface area contributed by atoms with Crippen molar-refractivity contribution >= 4 is 39.6 Å². The molecule has 25 heavy (non-hydrogen) atoms. The Morgan fingerprint density at radius 1 is 1.20 bits per heavy atom. The molecular weight excluding hydrogens is 402 g/mol. The number of esters is 1. The molecule has 1 heterocycles. The van der Waals surface area contributed by atoms with Crippen molar-refractivity contribution in [2.45, 2.75) is 63.9 Å². The number of likely N-dealkylation sites (tertiary alicyclic amines) is 1. The van der Waals surface area contributed by atoms with Crippen molar-refractivity contribution in [2.75, 3.05) is 12.4 Å². The molecule has 1 aliphatic rings. The smallest absolute Gasteiger partial charge is 0.316 e. The molecule has 0 saturated carbocycles. The van der Waals surface area contributed by atoms with Crippen LogP contribution in [0.4, 0.5) is 0 Å². The van der Waals surface area contributed by atoms with E-state index in [1.54, 1.807) is 0 Å². The molecule has 1 aliphatic heterocycles. The Labute approximate surface area is 162 Å². The molecule has 1 aromatic carbocycles. The number of halogens is 1. The molecular formula is C19H26BrNO3S. The topological polar surface area (TPSA) is 46.6 Å². The fourth-order valence-corrected chi connectivity index (χ4v) is 4.58. The zero-order valence-corrected chi connectivity index (χ0v) is 17.7. The van der Waals surface area contributed by atoms with Crippen LogP contribution in [0, 0.1) is 13.8 Å². The molecule has 0 N–H and O–H groups in total. The van der Waals surface area contributed by atoms with E-state index in [1.165, 1.54) is 11.8 Å². The maximum atomic E-state index is 12.4. The highest BCUT2D eigenvalue weighted by atomic mass is 79.9. The minimum absolute atomic E-state index is 0.0892. The Morgan fingerprint density at radius 2 is 1.84 bits per heavy atom. The number of benzene rings is 1. The standard InChI is InChI=1S/C19H26BrNO3S/c1-12-9-17(13(2)8-16(12)20)25-11-19(23)24-10-18(22)21-14(3)6-5-7-15(21)4/h8-9,14-15H,5-7,10-11H2,1-4H3/t14-,15-/m1/s1. The van der Waals surface area contributed by atoms with E-state index in [1.807, 2.05) is 24.8 Å². The van der Waals surface area contributed by atoms with Gasteiger partial charge >= 0.3 is 5.97 Å². The molecule has 138 valence electrons. The Balaban J connectivity index is 1.82. The Kier molecular flexibility index (Phi) is 7.37. The summed E-state index contributed by atoms with van der Waals surface area (Å²) in [6, 6.07) is 4.54. The molecule has 1 fully saturated rings. The number of rotatable bonds is 5. The molecule has 1 amide bonds. The molecule has 2 rings (SSSR count). The second-order valence-electron chi connectivity index (χ2n) is 6.75. The van der Waals surface area contributed by atoms with E-state index < -0.39 is 0 Å². The quantitative estimate of drug-likeness (QED) is 0.512. The van der Waals surface area contributed by atoms with Crippen LogP contribution in [0.1, 0.15) is 44.2 Å². The summed E-state index contributed by atoms with van der Waals surface area (Å²) in [7, 11) is 0. The first-order valence-corrected chi connectivity index (χ1v) is 10.4. The third-order valence-electron chi connectivity index (χ3n) is 4.64. The maximum Gasteiger partial charge on any atom is 0.316 e. The highest BCUT2D eigenvalue weighted by molar-refractivity contribution is 9.10. The van der Waals surface area contributed by atoms with Crippen molar-refractivity contribution < 1.29 is 14.3 Å². The lowest BCUT2D eigenvalue weighted by Gasteiger charge is -2.38. The SMILES string of the molecule is Cc1cc(SCC(=O)OCC(=O)N2[C@H](C)CCC[C@H]2C)c(C)cc1Br. The Hall–Kier alpha value is -1.01. The lowest BCUT2D eigenvalue weighted by atomic mass is 9.97. The van der Waals surface area contributed by atoms with E-state index in [9.17, 15) is 9.59 Å². The van der Waals surface area contributed by atoms with Gasteiger partial charge < -0.3 is 9.64 Å². The van der Waals surface area contributed by atoms with Gasteiger partial charge in [0, 0.05) is 21.5 Å². The molecule has 0 aromatic heterocycles. The second-order valence-corrected chi connectivity index (χ2v) is 8.62. The van der Waals surface area contributed by atoms with Crippen LogP contribution in [-0.4, -0.2) is 41.2 Å². The van der Waals surface area contributed by atoms with Crippen molar-refractivity contribution in [2.24, 2.45) is 0 Å². The molecule has 2 atom stereocenters. The number of hydrogen-bond acceptors (Lipinski definition) is 4. The van der Waals surface area contributed by atoms with Gasteiger partial charge in [-0.2, -0.15) is 0 Å². The number of thioether (sulfide) groups is 1. The van der Waals surface area contributed by atoms with Gasteiger partial charge in [0.25, 0.3) is 5.91 Å². The van der Waals surface area contributed by atoms with Gasteiger partial charge in [0.2, 0.25) is 0 Å². The van der Waals surface area contributed by atoms with Crippen LogP contribution in [0.2, 0.25) is 0 Å². The third-order valence-corrected chi connectivity index (χ3v) is 6.63. The average molecular weight is 428 g/mol. The van der Waals surface area contributed by atoms with Gasteiger partial charge in [-0.25, -0.2) is 0 Å². The highest BCUT2D eigenvalue weighted by Gasteiger charge is 2.29. The van der Waals surface area contributed by atoms with E-state index in [4.69, 9.17) is 4.74 Å². The van der Waals surface area contributed by atoms with Crippen LogP contribution < -0.4 is 0 Å². The van der Waals surface area contributed by atoms with Crippen LogP contribution in [0.25, 0.3) is 0 Å². The number of aryl methyl sites for hydroxylation is 2. The minimum atomic E-state index is -0.351. The number of nitrogens with zero attached hydrogens (tertiary/aromatic N) is 1. The second kappa shape index (κ2) is 9.08. The van der Waals surface area contributed by atoms with Gasteiger partial charge in [-0.1, -0.05) is 15.9 Å². The number of amides is 1. The number of carbonyl (C=O) groups excluding carboxylic acids is 2. The first-order chi connectivity index (χ1) is 11.8. The van der Waals surface area contributed by atoms with E-state index in [2.05, 4.69) is 35.8 Å². The summed E-state index contributed by atoms with van der Waals surface area (Å²) in [4.78, 5) is 27.3. The van der Waals surface area contributed by atoms with Crippen molar-refractivity contribution in [3.05, 3.63) is 27.7 Å². The number of hydrogen-bond donors (Lipinski definition) is 0. The van der Waals surface area contributed by atoms with Gasteiger partial charge in [0.15, 0.2) is 6.61 Å².